The minimum absolute atomic E-state index is 0.0339. The Morgan fingerprint density at radius 2 is 2.04 bits per heavy atom. The van der Waals surface area contributed by atoms with Gasteiger partial charge in [-0.15, -0.1) is 0 Å². The number of fused-ring (bicyclic) bond motifs is 1. The maximum Gasteiger partial charge on any atom is 0.222 e. The van der Waals surface area contributed by atoms with Crippen LogP contribution in [-0.2, 0) is 17.9 Å². The van der Waals surface area contributed by atoms with Crippen molar-refractivity contribution in [1.29, 1.82) is 0 Å². The molecule has 0 radical (unpaired) electrons. The minimum Gasteiger partial charge on any atom is -0.354 e. The lowest BCUT2D eigenvalue weighted by Crippen LogP contribution is -2.24. The number of carbonyl (C=O) groups is 1. The summed E-state index contributed by atoms with van der Waals surface area (Å²) in [5, 5.41) is 8.01. The van der Waals surface area contributed by atoms with Crippen LogP contribution in [0, 0.1) is 12.7 Å². The molecule has 1 amide bonds. The predicted molar refractivity (Wildman–Crippen MR) is 105 cm³/mol. The Hall–Kier alpha value is -3.48. The molecule has 0 atom stereocenters. The summed E-state index contributed by atoms with van der Waals surface area (Å²) in [7, 11) is 0. The van der Waals surface area contributed by atoms with Crippen molar-refractivity contribution in [2.75, 3.05) is 0 Å². The van der Waals surface area contributed by atoms with Gasteiger partial charge in [-0.05, 0) is 60.0 Å². The van der Waals surface area contributed by atoms with Crippen molar-refractivity contribution in [2.45, 2.75) is 26.4 Å². The van der Waals surface area contributed by atoms with E-state index in [-0.39, 0.29) is 11.7 Å². The number of nitrogens with one attached hydrogen (secondary N) is 2. The molecular weight excluding hydrogens is 357 g/mol. The minimum atomic E-state index is -0.251. The molecule has 4 aromatic rings. The summed E-state index contributed by atoms with van der Waals surface area (Å²) in [6.45, 7) is 3.00. The van der Waals surface area contributed by atoms with Crippen LogP contribution in [0.1, 0.15) is 17.5 Å². The molecule has 0 saturated heterocycles. The fraction of sp³-hybridized carbons (Fsp3) is 0.190. The van der Waals surface area contributed by atoms with Gasteiger partial charge in [0.05, 0.1) is 6.54 Å². The van der Waals surface area contributed by atoms with Crippen LogP contribution in [0.3, 0.4) is 0 Å². The second-order valence-electron chi connectivity index (χ2n) is 6.70. The number of H-pyrrole nitrogens is 1. The maximum atomic E-state index is 13.2. The van der Waals surface area contributed by atoms with Gasteiger partial charge in [-0.25, -0.2) is 9.37 Å². The van der Waals surface area contributed by atoms with E-state index in [0.717, 1.165) is 33.3 Å². The fourth-order valence-electron chi connectivity index (χ4n) is 3.24. The van der Waals surface area contributed by atoms with E-state index in [1.165, 1.54) is 18.5 Å². The Labute approximate surface area is 161 Å². The molecule has 0 unspecified atom stereocenters. The Morgan fingerprint density at radius 3 is 2.79 bits per heavy atom. The van der Waals surface area contributed by atoms with Crippen molar-refractivity contribution in [3.05, 3.63) is 72.1 Å². The van der Waals surface area contributed by atoms with Gasteiger partial charge in [0.25, 0.3) is 0 Å². The van der Waals surface area contributed by atoms with Crippen molar-refractivity contribution in [1.82, 2.24) is 25.1 Å². The van der Waals surface area contributed by atoms with E-state index >= 15 is 0 Å². The molecular formula is C21H20FN5O. The standard InChI is InChI=1S/C21H20FN5O/c1-14-18-10-15(11-24-20(28)8-9-27-13-23-12-25-27)2-7-19(18)26-21(14)16-3-5-17(22)6-4-16/h2-7,10,12-13,26H,8-9,11H2,1H3,(H,24,28). The van der Waals surface area contributed by atoms with Crippen LogP contribution in [0.2, 0.25) is 0 Å². The molecule has 142 valence electrons. The Morgan fingerprint density at radius 1 is 1.21 bits per heavy atom. The van der Waals surface area contributed by atoms with Gasteiger partial charge in [-0.2, -0.15) is 5.10 Å². The number of aryl methyl sites for hydroxylation is 2. The molecule has 0 aliphatic carbocycles. The van der Waals surface area contributed by atoms with Crippen LogP contribution in [0.4, 0.5) is 4.39 Å². The Kier molecular flexibility index (Phi) is 4.89. The number of aromatic amines is 1. The fourth-order valence-corrected chi connectivity index (χ4v) is 3.24. The molecule has 0 aliphatic rings. The Balaban J connectivity index is 1.46. The molecule has 2 heterocycles. The summed E-state index contributed by atoms with van der Waals surface area (Å²) >= 11 is 0. The molecule has 7 heteroatoms. The lowest BCUT2D eigenvalue weighted by Gasteiger charge is -2.06. The van der Waals surface area contributed by atoms with Crippen LogP contribution < -0.4 is 5.32 Å². The third kappa shape index (κ3) is 3.78. The molecule has 0 aliphatic heterocycles. The highest BCUT2D eigenvalue weighted by molar-refractivity contribution is 5.91. The zero-order chi connectivity index (χ0) is 19.5. The largest absolute Gasteiger partial charge is 0.354 e. The number of nitrogens with zero attached hydrogens (tertiary/aromatic N) is 3. The molecule has 0 saturated carbocycles. The zero-order valence-electron chi connectivity index (χ0n) is 15.4. The van der Waals surface area contributed by atoms with E-state index < -0.39 is 0 Å². The highest BCUT2D eigenvalue weighted by Crippen LogP contribution is 2.30. The average molecular weight is 377 g/mol. The van der Waals surface area contributed by atoms with Gasteiger partial charge in [0.2, 0.25) is 5.91 Å². The number of halogens is 1. The summed E-state index contributed by atoms with van der Waals surface area (Å²) in [6.07, 6.45) is 3.39. The second-order valence-corrected chi connectivity index (χ2v) is 6.70. The van der Waals surface area contributed by atoms with Gasteiger partial charge in [-0.1, -0.05) is 6.07 Å². The third-order valence-corrected chi connectivity index (χ3v) is 4.78. The Bertz CT molecular complexity index is 1100. The van der Waals surface area contributed by atoms with Gasteiger partial charge in [0, 0.05) is 29.6 Å². The average Bonchev–Trinajstić information content (AvgIpc) is 3.34. The summed E-state index contributed by atoms with van der Waals surface area (Å²) in [6, 6.07) is 12.5. The maximum absolute atomic E-state index is 13.2. The molecule has 0 spiro atoms. The van der Waals surface area contributed by atoms with Crippen LogP contribution in [0.15, 0.2) is 55.1 Å². The van der Waals surface area contributed by atoms with Crippen molar-refractivity contribution in [3.8, 4) is 11.3 Å². The van der Waals surface area contributed by atoms with E-state index in [9.17, 15) is 9.18 Å². The van der Waals surface area contributed by atoms with E-state index in [1.807, 2.05) is 19.1 Å². The number of hydrogen-bond donors (Lipinski definition) is 2. The number of rotatable bonds is 6. The number of amides is 1. The van der Waals surface area contributed by atoms with Gasteiger partial charge in [-0.3, -0.25) is 9.48 Å². The topological polar surface area (TPSA) is 75.6 Å². The van der Waals surface area contributed by atoms with Crippen molar-refractivity contribution in [3.63, 3.8) is 0 Å². The highest BCUT2D eigenvalue weighted by Gasteiger charge is 2.11. The van der Waals surface area contributed by atoms with E-state index in [1.54, 1.807) is 23.1 Å². The van der Waals surface area contributed by atoms with E-state index in [0.29, 0.717) is 19.5 Å². The van der Waals surface area contributed by atoms with Crippen LogP contribution in [0.5, 0.6) is 0 Å². The van der Waals surface area contributed by atoms with E-state index in [4.69, 9.17) is 0 Å². The molecule has 0 bridgehead atoms. The lowest BCUT2D eigenvalue weighted by molar-refractivity contribution is -0.121. The first kappa shape index (κ1) is 17.9. The molecule has 6 nitrogen and oxygen atoms in total. The molecule has 2 aromatic heterocycles. The number of aromatic nitrogens is 4. The predicted octanol–water partition coefficient (Wildman–Crippen LogP) is 3.58. The monoisotopic (exact) mass is 377 g/mol. The third-order valence-electron chi connectivity index (χ3n) is 4.78. The number of hydrogen-bond acceptors (Lipinski definition) is 3. The van der Waals surface area contributed by atoms with Crippen molar-refractivity contribution in [2.24, 2.45) is 0 Å². The van der Waals surface area contributed by atoms with Crippen molar-refractivity contribution >= 4 is 16.8 Å². The summed E-state index contributed by atoms with van der Waals surface area (Å²) in [4.78, 5) is 19.3. The normalized spacial score (nSPS) is 11.1. The summed E-state index contributed by atoms with van der Waals surface area (Å²) < 4.78 is 14.8. The smallest absolute Gasteiger partial charge is 0.222 e. The number of carbonyl (C=O) groups excluding carboxylic acids is 1. The number of benzene rings is 2. The van der Waals surface area contributed by atoms with Crippen LogP contribution in [-0.4, -0.2) is 25.7 Å². The lowest BCUT2D eigenvalue weighted by atomic mass is 10.0. The molecule has 0 fully saturated rings. The van der Waals surface area contributed by atoms with Gasteiger partial charge < -0.3 is 10.3 Å². The SMILES string of the molecule is Cc1c(-c2ccc(F)cc2)[nH]c2ccc(CNC(=O)CCn3cncn3)cc12. The van der Waals surface area contributed by atoms with Crippen LogP contribution in [0.25, 0.3) is 22.2 Å². The van der Waals surface area contributed by atoms with Gasteiger partial charge >= 0.3 is 0 Å². The molecule has 2 N–H and O–H groups in total. The first-order valence-electron chi connectivity index (χ1n) is 9.06. The van der Waals surface area contributed by atoms with Gasteiger partial charge in [0.1, 0.15) is 18.5 Å². The first-order valence-corrected chi connectivity index (χ1v) is 9.06. The summed E-state index contributed by atoms with van der Waals surface area (Å²) in [5.74, 6) is -0.284. The first-order chi connectivity index (χ1) is 13.6. The second kappa shape index (κ2) is 7.64. The molecule has 28 heavy (non-hydrogen) atoms. The molecule has 2 aromatic carbocycles. The quantitative estimate of drug-likeness (QED) is 0.539. The van der Waals surface area contributed by atoms with Gasteiger partial charge in [0.15, 0.2) is 0 Å². The summed E-state index contributed by atoms with van der Waals surface area (Å²) in [5.41, 5.74) is 5.05. The zero-order valence-corrected chi connectivity index (χ0v) is 15.4. The molecule has 4 rings (SSSR count). The van der Waals surface area contributed by atoms with Crippen LogP contribution >= 0.6 is 0 Å². The van der Waals surface area contributed by atoms with E-state index in [2.05, 4.69) is 26.4 Å². The highest BCUT2D eigenvalue weighted by atomic mass is 19.1. The van der Waals surface area contributed by atoms with Crippen molar-refractivity contribution < 1.29 is 9.18 Å².